The SMILES string of the molecule is CNc1ccc(CSc2ccc(Br)cc2)cn1. The molecule has 0 bridgehead atoms. The Kier molecular flexibility index (Phi) is 4.45. The minimum atomic E-state index is 0.905. The fourth-order valence-corrected chi connectivity index (χ4v) is 2.45. The Hall–Kier alpha value is -1.00. The third kappa shape index (κ3) is 3.75. The molecule has 0 saturated carbocycles. The van der Waals surface area contributed by atoms with Gasteiger partial charge in [0.15, 0.2) is 0 Å². The van der Waals surface area contributed by atoms with E-state index in [4.69, 9.17) is 0 Å². The van der Waals surface area contributed by atoms with E-state index in [1.807, 2.05) is 31.1 Å². The number of halogens is 1. The Morgan fingerprint density at radius 1 is 1.18 bits per heavy atom. The molecule has 0 atom stereocenters. The molecule has 17 heavy (non-hydrogen) atoms. The third-order valence-corrected chi connectivity index (χ3v) is 3.91. The van der Waals surface area contributed by atoms with Crippen molar-refractivity contribution < 1.29 is 0 Å². The van der Waals surface area contributed by atoms with Crippen LogP contribution in [0, 0.1) is 0 Å². The van der Waals surface area contributed by atoms with Gasteiger partial charge < -0.3 is 5.32 Å². The van der Waals surface area contributed by atoms with Gasteiger partial charge in [-0.05, 0) is 35.9 Å². The number of rotatable bonds is 4. The first-order valence-corrected chi connectivity index (χ1v) is 7.07. The summed E-state index contributed by atoms with van der Waals surface area (Å²) in [4.78, 5) is 5.56. The number of aromatic nitrogens is 1. The number of hydrogen-bond donors (Lipinski definition) is 1. The average molecular weight is 309 g/mol. The van der Waals surface area contributed by atoms with Crippen molar-refractivity contribution in [2.24, 2.45) is 0 Å². The molecular formula is C13H13BrN2S. The van der Waals surface area contributed by atoms with Gasteiger partial charge in [-0.15, -0.1) is 11.8 Å². The summed E-state index contributed by atoms with van der Waals surface area (Å²) in [7, 11) is 1.87. The summed E-state index contributed by atoms with van der Waals surface area (Å²) in [6, 6.07) is 12.5. The summed E-state index contributed by atoms with van der Waals surface area (Å²) in [6.07, 6.45) is 1.91. The Labute approximate surface area is 114 Å². The van der Waals surface area contributed by atoms with Gasteiger partial charge in [-0.2, -0.15) is 0 Å². The second-order valence-electron chi connectivity index (χ2n) is 3.54. The lowest BCUT2D eigenvalue weighted by molar-refractivity contribution is 1.23. The number of nitrogens with zero attached hydrogens (tertiary/aromatic N) is 1. The molecule has 2 rings (SSSR count). The van der Waals surface area contributed by atoms with Crippen molar-refractivity contribution in [1.29, 1.82) is 0 Å². The normalized spacial score (nSPS) is 10.2. The van der Waals surface area contributed by atoms with E-state index < -0.39 is 0 Å². The number of pyridine rings is 1. The van der Waals surface area contributed by atoms with Crippen molar-refractivity contribution in [3.8, 4) is 0 Å². The predicted molar refractivity (Wildman–Crippen MR) is 77.5 cm³/mol. The largest absolute Gasteiger partial charge is 0.373 e. The van der Waals surface area contributed by atoms with Crippen molar-refractivity contribution in [1.82, 2.24) is 4.98 Å². The van der Waals surface area contributed by atoms with Crippen LogP contribution in [0.25, 0.3) is 0 Å². The molecule has 0 amide bonds. The highest BCUT2D eigenvalue weighted by Gasteiger charge is 1.97. The van der Waals surface area contributed by atoms with Gasteiger partial charge in [0.1, 0.15) is 5.82 Å². The van der Waals surface area contributed by atoms with Crippen molar-refractivity contribution in [2.75, 3.05) is 12.4 Å². The minimum Gasteiger partial charge on any atom is -0.373 e. The zero-order valence-electron chi connectivity index (χ0n) is 9.48. The first kappa shape index (κ1) is 12.5. The Morgan fingerprint density at radius 3 is 2.53 bits per heavy atom. The molecule has 1 N–H and O–H groups in total. The molecule has 0 saturated heterocycles. The molecule has 1 aromatic carbocycles. The van der Waals surface area contributed by atoms with Crippen LogP contribution >= 0.6 is 27.7 Å². The molecule has 88 valence electrons. The molecule has 2 nitrogen and oxygen atoms in total. The van der Waals surface area contributed by atoms with Gasteiger partial charge in [-0.1, -0.05) is 22.0 Å². The zero-order valence-corrected chi connectivity index (χ0v) is 11.9. The van der Waals surface area contributed by atoms with Gasteiger partial charge in [-0.3, -0.25) is 0 Å². The molecular weight excluding hydrogens is 296 g/mol. The maximum Gasteiger partial charge on any atom is 0.125 e. The highest BCUT2D eigenvalue weighted by molar-refractivity contribution is 9.10. The second kappa shape index (κ2) is 6.07. The summed E-state index contributed by atoms with van der Waals surface area (Å²) in [5, 5.41) is 3.01. The van der Waals surface area contributed by atoms with E-state index in [0.29, 0.717) is 0 Å². The zero-order chi connectivity index (χ0) is 12.1. The van der Waals surface area contributed by atoms with Gasteiger partial charge in [0.25, 0.3) is 0 Å². The Bertz CT molecular complexity index is 468. The Balaban J connectivity index is 1.95. The van der Waals surface area contributed by atoms with Crippen molar-refractivity contribution in [2.45, 2.75) is 10.6 Å². The first-order chi connectivity index (χ1) is 8.28. The van der Waals surface area contributed by atoms with Crippen LogP contribution in [-0.4, -0.2) is 12.0 Å². The van der Waals surface area contributed by atoms with E-state index in [-0.39, 0.29) is 0 Å². The van der Waals surface area contributed by atoms with Crippen molar-refractivity contribution >= 4 is 33.5 Å². The quantitative estimate of drug-likeness (QED) is 0.858. The topological polar surface area (TPSA) is 24.9 Å². The van der Waals surface area contributed by atoms with E-state index in [9.17, 15) is 0 Å². The smallest absolute Gasteiger partial charge is 0.125 e. The van der Waals surface area contributed by atoms with Gasteiger partial charge in [0, 0.05) is 28.4 Å². The number of anilines is 1. The first-order valence-electron chi connectivity index (χ1n) is 5.29. The molecule has 0 aliphatic heterocycles. The van der Waals surface area contributed by atoms with Crippen molar-refractivity contribution in [3.63, 3.8) is 0 Å². The standard InChI is InChI=1S/C13H13BrN2S/c1-15-13-7-2-10(8-16-13)9-17-12-5-3-11(14)4-6-12/h2-8H,9H2,1H3,(H,15,16). The lowest BCUT2D eigenvalue weighted by atomic mass is 10.3. The number of benzene rings is 1. The molecule has 0 aliphatic rings. The summed E-state index contributed by atoms with van der Waals surface area (Å²) >= 11 is 5.25. The lowest BCUT2D eigenvalue weighted by Crippen LogP contribution is -1.92. The monoisotopic (exact) mass is 308 g/mol. The van der Waals surface area contributed by atoms with Crippen LogP contribution in [0.4, 0.5) is 5.82 Å². The molecule has 0 unspecified atom stereocenters. The molecule has 0 aliphatic carbocycles. The fraction of sp³-hybridized carbons (Fsp3) is 0.154. The van der Waals surface area contributed by atoms with Crippen LogP contribution in [0.2, 0.25) is 0 Å². The number of thioether (sulfide) groups is 1. The van der Waals surface area contributed by atoms with E-state index in [1.165, 1.54) is 10.5 Å². The highest BCUT2D eigenvalue weighted by Crippen LogP contribution is 2.24. The van der Waals surface area contributed by atoms with E-state index in [2.05, 4.69) is 56.6 Å². The predicted octanol–water partition coefficient (Wildman–Crippen LogP) is 4.18. The summed E-state index contributed by atoms with van der Waals surface area (Å²) in [5.74, 6) is 1.85. The minimum absolute atomic E-state index is 0.905. The van der Waals surface area contributed by atoms with Crippen LogP contribution in [0.5, 0.6) is 0 Å². The molecule has 1 heterocycles. The summed E-state index contributed by atoms with van der Waals surface area (Å²) < 4.78 is 1.11. The van der Waals surface area contributed by atoms with E-state index in [0.717, 1.165) is 16.0 Å². The Morgan fingerprint density at radius 2 is 1.94 bits per heavy atom. The number of hydrogen-bond acceptors (Lipinski definition) is 3. The number of nitrogens with one attached hydrogen (secondary N) is 1. The van der Waals surface area contributed by atoms with Gasteiger partial charge in [0.2, 0.25) is 0 Å². The third-order valence-electron chi connectivity index (χ3n) is 2.30. The van der Waals surface area contributed by atoms with Crippen LogP contribution in [0.3, 0.4) is 0 Å². The molecule has 4 heteroatoms. The van der Waals surface area contributed by atoms with Crippen molar-refractivity contribution in [3.05, 3.63) is 52.6 Å². The second-order valence-corrected chi connectivity index (χ2v) is 5.51. The van der Waals surface area contributed by atoms with Crippen LogP contribution in [0.15, 0.2) is 52.0 Å². The summed E-state index contributed by atoms with van der Waals surface area (Å²) in [5.41, 5.74) is 1.23. The van der Waals surface area contributed by atoms with Gasteiger partial charge >= 0.3 is 0 Å². The lowest BCUT2D eigenvalue weighted by Gasteiger charge is -2.03. The summed E-state index contributed by atoms with van der Waals surface area (Å²) in [6.45, 7) is 0. The molecule has 0 fully saturated rings. The van der Waals surface area contributed by atoms with Gasteiger partial charge in [0.05, 0.1) is 0 Å². The van der Waals surface area contributed by atoms with Crippen LogP contribution < -0.4 is 5.32 Å². The molecule has 0 radical (unpaired) electrons. The average Bonchev–Trinajstić information content (AvgIpc) is 2.39. The van der Waals surface area contributed by atoms with E-state index >= 15 is 0 Å². The molecule has 2 aromatic rings. The maximum atomic E-state index is 4.29. The highest BCUT2D eigenvalue weighted by atomic mass is 79.9. The van der Waals surface area contributed by atoms with Gasteiger partial charge in [-0.25, -0.2) is 4.98 Å². The maximum absolute atomic E-state index is 4.29. The van der Waals surface area contributed by atoms with Crippen LogP contribution in [0.1, 0.15) is 5.56 Å². The van der Waals surface area contributed by atoms with Crippen LogP contribution in [-0.2, 0) is 5.75 Å². The molecule has 1 aromatic heterocycles. The van der Waals surface area contributed by atoms with E-state index in [1.54, 1.807) is 0 Å². The molecule has 0 spiro atoms. The fourth-order valence-electron chi connectivity index (χ4n) is 1.36.